The highest BCUT2D eigenvalue weighted by molar-refractivity contribution is 5.77. The number of H-pyrrole nitrogens is 1. The van der Waals surface area contributed by atoms with Crippen molar-refractivity contribution >= 4 is 5.65 Å². The van der Waals surface area contributed by atoms with E-state index in [2.05, 4.69) is 25.5 Å². The molecule has 21 heavy (non-hydrogen) atoms. The van der Waals surface area contributed by atoms with Crippen molar-refractivity contribution in [2.75, 3.05) is 0 Å². The van der Waals surface area contributed by atoms with Gasteiger partial charge in [0.1, 0.15) is 23.5 Å². The fraction of sp³-hybridized carbons (Fsp3) is 0. The summed E-state index contributed by atoms with van der Waals surface area (Å²) in [5.74, 6) is -0.284. The fourth-order valence-electron chi connectivity index (χ4n) is 2.20. The largest absolute Gasteiger partial charge is 0.220 e. The van der Waals surface area contributed by atoms with Crippen LogP contribution >= 0.6 is 0 Å². The van der Waals surface area contributed by atoms with Gasteiger partial charge < -0.3 is 0 Å². The lowest BCUT2D eigenvalue weighted by Gasteiger charge is -2.02. The van der Waals surface area contributed by atoms with E-state index in [1.165, 1.54) is 18.5 Å². The Balaban J connectivity index is 1.85. The van der Waals surface area contributed by atoms with Gasteiger partial charge in [0.15, 0.2) is 5.65 Å². The van der Waals surface area contributed by atoms with Crippen molar-refractivity contribution in [2.24, 2.45) is 0 Å². The molecule has 3 aromatic heterocycles. The van der Waals surface area contributed by atoms with Gasteiger partial charge in [-0.25, -0.2) is 13.9 Å². The van der Waals surface area contributed by atoms with Gasteiger partial charge in [0.05, 0.1) is 0 Å². The number of hydrogen-bond donors (Lipinski definition) is 1. The number of nitrogens with zero attached hydrogens (tertiary/aromatic N) is 5. The van der Waals surface area contributed by atoms with Crippen LogP contribution < -0.4 is 0 Å². The number of benzene rings is 1. The zero-order valence-corrected chi connectivity index (χ0v) is 10.7. The Bertz CT molecular complexity index is 909. The van der Waals surface area contributed by atoms with E-state index >= 15 is 0 Å². The van der Waals surface area contributed by atoms with Gasteiger partial charge >= 0.3 is 0 Å². The Kier molecular flexibility index (Phi) is 2.50. The van der Waals surface area contributed by atoms with Crippen molar-refractivity contribution < 1.29 is 4.39 Å². The molecule has 0 atom stereocenters. The van der Waals surface area contributed by atoms with Gasteiger partial charge in [0, 0.05) is 17.3 Å². The summed E-state index contributed by atoms with van der Waals surface area (Å²) >= 11 is 0. The predicted molar refractivity (Wildman–Crippen MR) is 73.8 cm³/mol. The van der Waals surface area contributed by atoms with Gasteiger partial charge in [-0.05, 0) is 36.4 Å². The Morgan fingerprint density at radius 1 is 0.905 bits per heavy atom. The molecule has 3 heterocycles. The van der Waals surface area contributed by atoms with Crippen molar-refractivity contribution in [3.8, 4) is 22.5 Å². The molecule has 0 amide bonds. The molecular formula is C14H9FN6. The monoisotopic (exact) mass is 280 g/mol. The highest BCUT2D eigenvalue weighted by atomic mass is 19.1. The van der Waals surface area contributed by atoms with Crippen LogP contribution in [0, 0.1) is 5.82 Å². The normalized spacial score (nSPS) is 11.1. The molecule has 0 saturated heterocycles. The standard InChI is InChI=1S/C14H9FN6/c15-11-4-1-9(2-5-11)13-14(19-20-18-13)10-3-6-12-16-8-17-21(12)7-10/h1-8H,(H,18,19,20). The van der Waals surface area contributed by atoms with Gasteiger partial charge in [-0.2, -0.15) is 20.5 Å². The maximum Gasteiger partial charge on any atom is 0.155 e. The number of fused-ring (bicyclic) bond motifs is 1. The van der Waals surface area contributed by atoms with Crippen molar-refractivity contribution in [2.45, 2.75) is 0 Å². The Labute approximate surface area is 118 Å². The van der Waals surface area contributed by atoms with Gasteiger partial charge in [0.25, 0.3) is 0 Å². The lowest BCUT2D eigenvalue weighted by Crippen LogP contribution is -1.90. The van der Waals surface area contributed by atoms with Crippen molar-refractivity contribution in [3.63, 3.8) is 0 Å². The first-order valence-corrected chi connectivity index (χ1v) is 6.28. The second-order valence-corrected chi connectivity index (χ2v) is 4.51. The van der Waals surface area contributed by atoms with Crippen LogP contribution in [0.15, 0.2) is 48.9 Å². The quantitative estimate of drug-likeness (QED) is 0.611. The van der Waals surface area contributed by atoms with Crippen LogP contribution in [-0.2, 0) is 0 Å². The maximum atomic E-state index is 13.0. The summed E-state index contributed by atoms with van der Waals surface area (Å²) in [5, 5.41) is 15.1. The molecule has 0 bridgehead atoms. The summed E-state index contributed by atoms with van der Waals surface area (Å²) in [6.45, 7) is 0. The molecule has 0 aliphatic carbocycles. The van der Waals surface area contributed by atoms with E-state index < -0.39 is 0 Å². The predicted octanol–water partition coefficient (Wildman–Crippen LogP) is 2.32. The van der Waals surface area contributed by atoms with Gasteiger partial charge in [-0.1, -0.05) is 0 Å². The minimum absolute atomic E-state index is 0.284. The first-order chi connectivity index (χ1) is 10.3. The molecule has 0 aliphatic rings. The molecule has 7 heteroatoms. The zero-order valence-electron chi connectivity index (χ0n) is 10.7. The molecule has 4 rings (SSSR count). The SMILES string of the molecule is Fc1ccc(-c2n[nH]nc2-c2ccc3ncnn3c2)cc1. The molecule has 0 unspecified atom stereocenters. The summed E-state index contributed by atoms with van der Waals surface area (Å²) in [5.41, 5.74) is 3.74. The topological polar surface area (TPSA) is 71.8 Å². The number of pyridine rings is 1. The lowest BCUT2D eigenvalue weighted by molar-refractivity contribution is 0.628. The molecule has 0 spiro atoms. The smallest absolute Gasteiger partial charge is 0.155 e. The van der Waals surface area contributed by atoms with Crippen molar-refractivity contribution in [3.05, 3.63) is 54.7 Å². The van der Waals surface area contributed by atoms with E-state index in [9.17, 15) is 4.39 Å². The summed E-state index contributed by atoms with van der Waals surface area (Å²) in [6, 6.07) is 9.89. The van der Waals surface area contributed by atoms with Crippen LogP contribution in [0.4, 0.5) is 4.39 Å². The number of nitrogens with one attached hydrogen (secondary N) is 1. The first-order valence-electron chi connectivity index (χ1n) is 6.28. The number of hydrogen-bond acceptors (Lipinski definition) is 4. The average Bonchev–Trinajstić information content (AvgIpc) is 3.16. The number of rotatable bonds is 2. The van der Waals surface area contributed by atoms with Crippen LogP contribution in [0.5, 0.6) is 0 Å². The Morgan fingerprint density at radius 2 is 1.62 bits per heavy atom. The molecule has 0 aliphatic heterocycles. The third-order valence-electron chi connectivity index (χ3n) is 3.21. The highest BCUT2D eigenvalue weighted by Gasteiger charge is 2.13. The lowest BCUT2D eigenvalue weighted by atomic mass is 10.1. The third kappa shape index (κ3) is 1.95. The molecule has 0 radical (unpaired) electrons. The van der Waals surface area contributed by atoms with E-state index in [1.807, 2.05) is 18.3 Å². The molecule has 0 fully saturated rings. The molecule has 1 N–H and O–H groups in total. The molecule has 6 nitrogen and oxygen atoms in total. The van der Waals surface area contributed by atoms with Crippen LogP contribution in [0.25, 0.3) is 28.2 Å². The number of aromatic nitrogens is 6. The Morgan fingerprint density at radius 3 is 2.43 bits per heavy atom. The van der Waals surface area contributed by atoms with Gasteiger partial charge in [-0.3, -0.25) is 0 Å². The maximum absolute atomic E-state index is 13.0. The summed E-state index contributed by atoms with van der Waals surface area (Å²) < 4.78 is 14.7. The van der Waals surface area contributed by atoms with Crippen molar-refractivity contribution in [1.82, 2.24) is 30.0 Å². The van der Waals surface area contributed by atoms with E-state index in [1.54, 1.807) is 16.6 Å². The number of aromatic amines is 1. The molecule has 1 aromatic carbocycles. The summed E-state index contributed by atoms with van der Waals surface area (Å²) in [4.78, 5) is 4.10. The summed E-state index contributed by atoms with van der Waals surface area (Å²) in [7, 11) is 0. The number of halogens is 1. The van der Waals surface area contributed by atoms with E-state index in [0.717, 1.165) is 16.8 Å². The van der Waals surface area contributed by atoms with Crippen LogP contribution in [0.1, 0.15) is 0 Å². The zero-order chi connectivity index (χ0) is 14.2. The minimum Gasteiger partial charge on any atom is -0.220 e. The third-order valence-corrected chi connectivity index (χ3v) is 3.21. The second kappa shape index (κ2) is 4.48. The molecule has 4 aromatic rings. The first kappa shape index (κ1) is 11.7. The van der Waals surface area contributed by atoms with Crippen LogP contribution in [0.3, 0.4) is 0 Å². The van der Waals surface area contributed by atoms with E-state index in [-0.39, 0.29) is 5.82 Å². The summed E-state index contributed by atoms with van der Waals surface area (Å²) in [6.07, 6.45) is 3.32. The van der Waals surface area contributed by atoms with E-state index in [0.29, 0.717) is 11.4 Å². The Hall–Kier alpha value is -3.09. The van der Waals surface area contributed by atoms with Crippen LogP contribution in [0.2, 0.25) is 0 Å². The fourth-order valence-corrected chi connectivity index (χ4v) is 2.20. The van der Waals surface area contributed by atoms with Gasteiger partial charge in [-0.15, -0.1) is 0 Å². The molecule has 0 saturated carbocycles. The minimum atomic E-state index is -0.284. The van der Waals surface area contributed by atoms with Crippen molar-refractivity contribution in [1.29, 1.82) is 0 Å². The van der Waals surface area contributed by atoms with Crippen LogP contribution in [-0.4, -0.2) is 30.0 Å². The second-order valence-electron chi connectivity index (χ2n) is 4.51. The molecular weight excluding hydrogens is 271 g/mol. The molecule has 102 valence electrons. The van der Waals surface area contributed by atoms with Gasteiger partial charge in [0.2, 0.25) is 0 Å². The van der Waals surface area contributed by atoms with E-state index in [4.69, 9.17) is 0 Å². The highest BCUT2D eigenvalue weighted by Crippen LogP contribution is 2.28. The average molecular weight is 280 g/mol.